The second kappa shape index (κ2) is 8.34. The number of rotatable bonds is 6. The molecule has 2 N–H and O–H groups in total. The maximum absolute atomic E-state index is 11.8. The maximum atomic E-state index is 11.8. The van der Waals surface area contributed by atoms with Gasteiger partial charge in [0.2, 0.25) is 5.91 Å². The summed E-state index contributed by atoms with van der Waals surface area (Å²) in [5.41, 5.74) is 0. The normalized spacial score (nSPS) is 27.2. The van der Waals surface area contributed by atoms with E-state index in [9.17, 15) is 9.59 Å². The number of carboxylic acid groups (broad SMARTS) is 1. The van der Waals surface area contributed by atoms with Gasteiger partial charge in [0.05, 0.1) is 18.6 Å². The molecule has 6 heteroatoms. The molecule has 0 aromatic carbocycles. The summed E-state index contributed by atoms with van der Waals surface area (Å²) in [4.78, 5) is 22.7. The van der Waals surface area contributed by atoms with E-state index < -0.39 is 5.97 Å². The van der Waals surface area contributed by atoms with E-state index in [0.717, 1.165) is 38.9 Å². The molecular weight excluding hydrogens is 274 g/mol. The summed E-state index contributed by atoms with van der Waals surface area (Å²) in [6.45, 7) is 1.92. The van der Waals surface area contributed by atoms with Gasteiger partial charge in [0.1, 0.15) is 0 Å². The molecule has 0 aromatic rings. The number of nitrogens with one attached hydrogen (secondary N) is 1. The van der Waals surface area contributed by atoms with Crippen molar-refractivity contribution in [1.29, 1.82) is 0 Å². The molecule has 0 bridgehead atoms. The zero-order valence-electron chi connectivity index (χ0n) is 12.4. The van der Waals surface area contributed by atoms with Crippen LogP contribution in [0.3, 0.4) is 0 Å². The van der Waals surface area contributed by atoms with Crippen molar-refractivity contribution in [3.8, 4) is 0 Å². The number of hydrogen-bond acceptors (Lipinski definition) is 4. The van der Waals surface area contributed by atoms with Gasteiger partial charge in [0.15, 0.2) is 0 Å². The number of aliphatic carboxylic acids is 1. The second-order valence-corrected chi connectivity index (χ2v) is 5.89. The van der Waals surface area contributed by atoms with Gasteiger partial charge in [0.25, 0.3) is 0 Å². The molecule has 0 unspecified atom stereocenters. The molecule has 0 radical (unpaired) electrons. The van der Waals surface area contributed by atoms with Gasteiger partial charge in [-0.25, -0.2) is 0 Å². The number of carbonyl (C=O) groups is 2. The van der Waals surface area contributed by atoms with Crippen molar-refractivity contribution in [2.75, 3.05) is 19.8 Å². The first-order valence-corrected chi connectivity index (χ1v) is 7.86. The lowest BCUT2D eigenvalue weighted by Crippen LogP contribution is -2.39. The highest BCUT2D eigenvalue weighted by molar-refractivity contribution is 5.76. The van der Waals surface area contributed by atoms with Gasteiger partial charge in [-0.15, -0.1) is 0 Å². The van der Waals surface area contributed by atoms with Crippen LogP contribution in [0.15, 0.2) is 0 Å². The van der Waals surface area contributed by atoms with E-state index >= 15 is 0 Å². The van der Waals surface area contributed by atoms with E-state index in [2.05, 4.69) is 5.32 Å². The molecule has 1 aliphatic heterocycles. The Kier molecular flexibility index (Phi) is 6.45. The van der Waals surface area contributed by atoms with E-state index in [-0.39, 0.29) is 24.0 Å². The first kappa shape index (κ1) is 16.2. The van der Waals surface area contributed by atoms with Crippen molar-refractivity contribution in [1.82, 2.24) is 5.32 Å². The maximum Gasteiger partial charge on any atom is 0.306 e. The Balaban J connectivity index is 1.56. The Morgan fingerprint density at radius 3 is 2.38 bits per heavy atom. The molecule has 1 saturated heterocycles. The average molecular weight is 299 g/mol. The van der Waals surface area contributed by atoms with Crippen molar-refractivity contribution >= 4 is 11.9 Å². The van der Waals surface area contributed by atoms with E-state index in [1.807, 2.05) is 0 Å². The van der Waals surface area contributed by atoms with E-state index in [1.54, 1.807) is 0 Å². The molecule has 0 atom stereocenters. The molecule has 1 heterocycles. The summed E-state index contributed by atoms with van der Waals surface area (Å²) in [5, 5.41) is 11.9. The summed E-state index contributed by atoms with van der Waals surface area (Å²) in [7, 11) is 0. The fourth-order valence-electron chi connectivity index (χ4n) is 2.95. The van der Waals surface area contributed by atoms with Crippen LogP contribution in [-0.2, 0) is 19.1 Å². The number of hydrogen-bond donors (Lipinski definition) is 2. The van der Waals surface area contributed by atoms with Gasteiger partial charge in [-0.05, 0) is 38.5 Å². The summed E-state index contributed by atoms with van der Waals surface area (Å²) in [5.74, 6) is -0.958. The summed E-state index contributed by atoms with van der Waals surface area (Å²) < 4.78 is 10.9. The van der Waals surface area contributed by atoms with Gasteiger partial charge in [-0.1, -0.05) is 0 Å². The van der Waals surface area contributed by atoms with Gasteiger partial charge in [0, 0.05) is 25.7 Å². The summed E-state index contributed by atoms with van der Waals surface area (Å²) >= 11 is 0. The molecule has 120 valence electrons. The highest BCUT2D eigenvalue weighted by atomic mass is 16.5. The topological polar surface area (TPSA) is 84.9 Å². The van der Waals surface area contributed by atoms with Crippen molar-refractivity contribution in [3.63, 3.8) is 0 Å². The second-order valence-electron chi connectivity index (χ2n) is 5.89. The minimum atomic E-state index is -0.718. The van der Waals surface area contributed by atoms with Crippen LogP contribution in [0.2, 0.25) is 0 Å². The van der Waals surface area contributed by atoms with Crippen LogP contribution in [0.5, 0.6) is 0 Å². The van der Waals surface area contributed by atoms with Crippen LogP contribution >= 0.6 is 0 Å². The third kappa shape index (κ3) is 5.63. The smallest absolute Gasteiger partial charge is 0.306 e. The van der Waals surface area contributed by atoms with Crippen molar-refractivity contribution < 1.29 is 24.2 Å². The Labute approximate surface area is 125 Å². The molecule has 2 aliphatic rings. The van der Waals surface area contributed by atoms with Crippen LogP contribution in [0.25, 0.3) is 0 Å². The van der Waals surface area contributed by atoms with Gasteiger partial charge < -0.3 is 19.9 Å². The molecule has 2 rings (SSSR count). The predicted molar refractivity (Wildman–Crippen MR) is 75.9 cm³/mol. The minimum absolute atomic E-state index is 0.000773. The summed E-state index contributed by atoms with van der Waals surface area (Å²) in [6, 6.07) is 0.121. The Hall–Kier alpha value is -1.14. The highest BCUT2D eigenvalue weighted by Gasteiger charge is 2.26. The van der Waals surface area contributed by atoms with Gasteiger partial charge in [-0.3, -0.25) is 9.59 Å². The van der Waals surface area contributed by atoms with Crippen LogP contribution in [-0.4, -0.2) is 48.9 Å². The predicted octanol–water partition coefficient (Wildman–Crippen LogP) is 1.33. The number of ether oxygens (including phenoxy) is 2. The zero-order chi connectivity index (χ0) is 15.1. The molecule has 1 amide bonds. The lowest BCUT2D eigenvalue weighted by atomic mass is 9.86. The SMILES string of the molecule is O=C(CCOC1CCOCC1)NC1CCC(C(=O)O)CC1. The van der Waals surface area contributed by atoms with Crippen LogP contribution < -0.4 is 5.32 Å². The molecule has 1 saturated carbocycles. The van der Waals surface area contributed by atoms with Crippen LogP contribution in [0.4, 0.5) is 0 Å². The third-order valence-electron chi connectivity index (χ3n) is 4.29. The van der Waals surface area contributed by atoms with Crippen molar-refractivity contribution in [3.05, 3.63) is 0 Å². The molecule has 21 heavy (non-hydrogen) atoms. The standard InChI is InChI=1S/C15H25NO5/c17-14(7-10-21-13-5-8-20-9-6-13)16-12-3-1-11(2-4-12)15(18)19/h11-13H,1-10H2,(H,16,17)(H,18,19). The monoisotopic (exact) mass is 299 g/mol. The van der Waals surface area contributed by atoms with E-state index in [0.29, 0.717) is 25.9 Å². The highest BCUT2D eigenvalue weighted by Crippen LogP contribution is 2.24. The van der Waals surface area contributed by atoms with Gasteiger partial charge in [-0.2, -0.15) is 0 Å². The molecule has 2 fully saturated rings. The van der Waals surface area contributed by atoms with Crippen LogP contribution in [0, 0.1) is 5.92 Å². The molecule has 6 nitrogen and oxygen atoms in total. The fraction of sp³-hybridized carbons (Fsp3) is 0.867. The Morgan fingerprint density at radius 1 is 1.10 bits per heavy atom. The number of amides is 1. The lowest BCUT2D eigenvalue weighted by Gasteiger charge is -2.27. The largest absolute Gasteiger partial charge is 0.481 e. The third-order valence-corrected chi connectivity index (χ3v) is 4.29. The first-order chi connectivity index (χ1) is 10.1. The fourth-order valence-corrected chi connectivity index (χ4v) is 2.95. The average Bonchev–Trinajstić information content (AvgIpc) is 2.49. The molecular formula is C15H25NO5. The quantitative estimate of drug-likeness (QED) is 0.773. The molecule has 0 spiro atoms. The summed E-state index contributed by atoms with van der Waals surface area (Å²) in [6.07, 6.45) is 5.21. The first-order valence-electron chi connectivity index (χ1n) is 7.86. The zero-order valence-corrected chi connectivity index (χ0v) is 12.4. The van der Waals surface area contributed by atoms with Gasteiger partial charge >= 0.3 is 5.97 Å². The Bertz CT molecular complexity index is 346. The van der Waals surface area contributed by atoms with E-state index in [4.69, 9.17) is 14.6 Å². The number of carbonyl (C=O) groups excluding carboxylic acids is 1. The van der Waals surface area contributed by atoms with Crippen molar-refractivity contribution in [2.45, 2.75) is 57.1 Å². The lowest BCUT2D eigenvalue weighted by molar-refractivity contribution is -0.142. The molecule has 0 aromatic heterocycles. The molecule has 1 aliphatic carbocycles. The van der Waals surface area contributed by atoms with Crippen LogP contribution in [0.1, 0.15) is 44.9 Å². The van der Waals surface area contributed by atoms with Crippen molar-refractivity contribution in [2.24, 2.45) is 5.92 Å². The minimum Gasteiger partial charge on any atom is -0.481 e. The van der Waals surface area contributed by atoms with E-state index in [1.165, 1.54) is 0 Å². The number of carboxylic acids is 1. The Morgan fingerprint density at radius 2 is 1.76 bits per heavy atom.